The van der Waals surface area contributed by atoms with Crippen LogP contribution < -0.4 is 0 Å². The van der Waals surface area contributed by atoms with Gasteiger partial charge < -0.3 is 0 Å². The number of hydrogen-bond donors (Lipinski definition) is 0. The van der Waals surface area contributed by atoms with Crippen molar-refractivity contribution in [2.75, 3.05) is 0 Å². The molecule has 0 amide bonds. The van der Waals surface area contributed by atoms with Gasteiger partial charge >= 0.3 is 0 Å². The second kappa shape index (κ2) is 15.4. The Kier molecular flexibility index (Phi) is 17.1. The van der Waals surface area contributed by atoms with Gasteiger partial charge in [-0.15, -0.1) is 0 Å². The average Bonchev–Trinajstić information content (AvgIpc) is 2.40. The van der Waals surface area contributed by atoms with Crippen LogP contribution in [0.15, 0.2) is 0 Å². The standard InChI is InChI=1S/C12H26.C8H18/c1-5-7-9-12(11(3)4)10-8-6-2;1-5-8(6-2)7(3)4/h11-12H,5-10H2,1-4H3;7-8H,5-6H2,1-4H3. The summed E-state index contributed by atoms with van der Waals surface area (Å²) in [4.78, 5) is 0. The summed E-state index contributed by atoms with van der Waals surface area (Å²) in [5.41, 5.74) is 0. The van der Waals surface area contributed by atoms with Gasteiger partial charge in [-0.25, -0.2) is 0 Å². The number of hydrogen-bond acceptors (Lipinski definition) is 0. The number of unbranched alkanes of at least 4 members (excludes halogenated alkanes) is 2. The fraction of sp³-hybridized carbons (Fsp3) is 1.00. The minimum Gasteiger partial charge on any atom is -0.0654 e. The van der Waals surface area contributed by atoms with Crippen LogP contribution in [-0.2, 0) is 0 Å². The fourth-order valence-electron chi connectivity index (χ4n) is 2.98. The van der Waals surface area contributed by atoms with Crippen LogP contribution in [0.5, 0.6) is 0 Å². The summed E-state index contributed by atoms with van der Waals surface area (Å²) >= 11 is 0. The lowest BCUT2D eigenvalue weighted by Gasteiger charge is -2.20. The Hall–Kier alpha value is 0. The van der Waals surface area contributed by atoms with Crippen molar-refractivity contribution in [3.05, 3.63) is 0 Å². The first-order valence-corrected chi connectivity index (χ1v) is 9.44. The molecule has 0 unspecified atom stereocenters. The van der Waals surface area contributed by atoms with Gasteiger partial charge in [0.25, 0.3) is 0 Å². The van der Waals surface area contributed by atoms with Crippen molar-refractivity contribution in [3.63, 3.8) is 0 Å². The lowest BCUT2D eigenvalue weighted by atomic mass is 9.86. The monoisotopic (exact) mass is 284 g/mol. The molecule has 0 aliphatic heterocycles. The third-order valence-corrected chi connectivity index (χ3v) is 4.79. The Morgan fingerprint density at radius 1 is 0.550 bits per heavy atom. The highest BCUT2D eigenvalue weighted by Gasteiger charge is 2.11. The van der Waals surface area contributed by atoms with Crippen LogP contribution in [0.2, 0.25) is 0 Å². The normalized spacial score (nSPS) is 11.4. The SMILES string of the molecule is CCC(CC)C(C)C.CCCCC(CCCC)C(C)C. The van der Waals surface area contributed by atoms with Crippen molar-refractivity contribution in [1.82, 2.24) is 0 Å². The van der Waals surface area contributed by atoms with Gasteiger partial charge in [-0.05, 0) is 23.7 Å². The Morgan fingerprint density at radius 2 is 0.900 bits per heavy atom. The van der Waals surface area contributed by atoms with E-state index in [1.165, 1.54) is 51.4 Å². The second-order valence-electron chi connectivity index (χ2n) is 7.11. The Balaban J connectivity index is 0. The molecule has 124 valence electrons. The maximum Gasteiger partial charge on any atom is -0.0391 e. The minimum absolute atomic E-state index is 0.880. The van der Waals surface area contributed by atoms with Crippen LogP contribution in [0.4, 0.5) is 0 Å². The molecule has 0 aromatic rings. The molecule has 0 fully saturated rings. The molecule has 0 aliphatic carbocycles. The fourth-order valence-corrected chi connectivity index (χ4v) is 2.98. The van der Waals surface area contributed by atoms with Crippen LogP contribution in [0.1, 0.15) is 107 Å². The summed E-state index contributed by atoms with van der Waals surface area (Å²) in [7, 11) is 0. The minimum atomic E-state index is 0.880. The zero-order valence-electron chi connectivity index (χ0n) is 16.0. The summed E-state index contributed by atoms with van der Waals surface area (Å²) < 4.78 is 0. The van der Waals surface area contributed by atoms with E-state index >= 15 is 0 Å². The average molecular weight is 285 g/mol. The summed E-state index contributed by atoms with van der Waals surface area (Å²) in [6, 6.07) is 0. The van der Waals surface area contributed by atoms with E-state index in [9.17, 15) is 0 Å². The zero-order chi connectivity index (χ0) is 16.0. The van der Waals surface area contributed by atoms with Gasteiger partial charge in [0.1, 0.15) is 0 Å². The van der Waals surface area contributed by atoms with Gasteiger partial charge in [0.2, 0.25) is 0 Å². The highest BCUT2D eigenvalue weighted by atomic mass is 14.2. The molecule has 0 spiro atoms. The molecule has 0 saturated heterocycles. The topological polar surface area (TPSA) is 0 Å². The molecule has 0 rings (SSSR count). The first kappa shape index (κ1) is 22.3. The van der Waals surface area contributed by atoms with E-state index in [0.29, 0.717) is 0 Å². The van der Waals surface area contributed by atoms with E-state index in [0.717, 1.165) is 23.7 Å². The van der Waals surface area contributed by atoms with Gasteiger partial charge in [0.05, 0.1) is 0 Å². The molecule has 0 aliphatic rings. The van der Waals surface area contributed by atoms with Gasteiger partial charge in [-0.1, -0.05) is 107 Å². The van der Waals surface area contributed by atoms with Gasteiger partial charge in [0.15, 0.2) is 0 Å². The third kappa shape index (κ3) is 13.0. The van der Waals surface area contributed by atoms with Crippen molar-refractivity contribution in [2.24, 2.45) is 23.7 Å². The predicted molar refractivity (Wildman–Crippen MR) is 96.3 cm³/mol. The lowest BCUT2D eigenvalue weighted by Crippen LogP contribution is -2.08. The van der Waals surface area contributed by atoms with Crippen molar-refractivity contribution in [2.45, 2.75) is 107 Å². The molecular weight excluding hydrogens is 240 g/mol. The van der Waals surface area contributed by atoms with E-state index in [4.69, 9.17) is 0 Å². The van der Waals surface area contributed by atoms with Crippen molar-refractivity contribution in [3.8, 4) is 0 Å². The molecule has 0 nitrogen and oxygen atoms in total. The molecule has 0 aromatic heterocycles. The second-order valence-corrected chi connectivity index (χ2v) is 7.11. The highest BCUT2D eigenvalue weighted by molar-refractivity contribution is 4.63. The molecule has 0 heterocycles. The van der Waals surface area contributed by atoms with Crippen LogP contribution in [0.3, 0.4) is 0 Å². The molecule has 0 N–H and O–H groups in total. The van der Waals surface area contributed by atoms with E-state index < -0.39 is 0 Å². The summed E-state index contributed by atoms with van der Waals surface area (Å²) in [5.74, 6) is 3.72. The van der Waals surface area contributed by atoms with E-state index in [-0.39, 0.29) is 0 Å². The van der Waals surface area contributed by atoms with E-state index in [1.54, 1.807) is 0 Å². The summed E-state index contributed by atoms with van der Waals surface area (Å²) in [6.45, 7) is 18.5. The molecular formula is C20H44. The van der Waals surface area contributed by atoms with Crippen molar-refractivity contribution >= 4 is 0 Å². The molecule has 0 aromatic carbocycles. The Bertz CT molecular complexity index is 157. The maximum absolute atomic E-state index is 2.37. The molecule has 0 saturated carbocycles. The number of rotatable bonds is 10. The van der Waals surface area contributed by atoms with Gasteiger partial charge in [0, 0.05) is 0 Å². The summed E-state index contributed by atoms with van der Waals surface area (Å²) in [5, 5.41) is 0. The van der Waals surface area contributed by atoms with Crippen LogP contribution in [-0.4, -0.2) is 0 Å². The third-order valence-electron chi connectivity index (χ3n) is 4.79. The Labute approximate surface area is 131 Å². The Morgan fingerprint density at radius 3 is 1.05 bits per heavy atom. The van der Waals surface area contributed by atoms with Crippen LogP contribution >= 0.6 is 0 Å². The smallest absolute Gasteiger partial charge is 0.0391 e. The van der Waals surface area contributed by atoms with Crippen LogP contribution in [0.25, 0.3) is 0 Å². The van der Waals surface area contributed by atoms with Gasteiger partial charge in [-0.3, -0.25) is 0 Å². The predicted octanol–water partition coefficient (Wildman–Crippen LogP) is 7.72. The molecule has 0 bridgehead atoms. The van der Waals surface area contributed by atoms with Gasteiger partial charge in [-0.2, -0.15) is 0 Å². The van der Waals surface area contributed by atoms with Crippen molar-refractivity contribution < 1.29 is 0 Å². The molecule has 0 radical (unpaired) electrons. The van der Waals surface area contributed by atoms with E-state index in [2.05, 4.69) is 55.4 Å². The zero-order valence-corrected chi connectivity index (χ0v) is 16.0. The highest BCUT2D eigenvalue weighted by Crippen LogP contribution is 2.23. The molecule has 0 atom stereocenters. The molecule has 0 heteroatoms. The first-order valence-electron chi connectivity index (χ1n) is 9.44. The first-order chi connectivity index (χ1) is 9.44. The molecule has 20 heavy (non-hydrogen) atoms. The largest absolute Gasteiger partial charge is 0.0654 e. The lowest BCUT2D eigenvalue weighted by molar-refractivity contribution is 0.320. The maximum atomic E-state index is 2.37. The van der Waals surface area contributed by atoms with Crippen LogP contribution in [0, 0.1) is 23.7 Å². The summed E-state index contributed by atoms with van der Waals surface area (Å²) in [6.07, 6.45) is 11.1. The van der Waals surface area contributed by atoms with Crippen molar-refractivity contribution in [1.29, 1.82) is 0 Å². The quantitative estimate of drug-likeness (QED) is 0.385. The van der Waals surface area contributed by atoms with E-state index in [1.807, 2.05) is 0 Å².